The molecule has 0 radical (unpaired) electrons. The Balaban J connectivity index is 2.15. The van der Waals surface area contributed by atoms with Gasteiger partial charge in [-0.25, -0.2) is 9.97 Å². The monoisotopic (exact) mass is 262 g/mol. The van der Waals surface area contributed by atoms with Gasteiger partial charge >= 0.3 is 0 Å². The summed E-state index contributed by atoms with van der Waals surface area (Å²) >= 11 is 0. The summed E-state index contributed by atoms with van der Waals surface area (Å²) in [6, 6.07) is 1.75. The summed E-state index contributed by atoms with van der Waals surface area (Å²) in [4.78, 5) is 10.5. The molecule has 0 saturated carbocycles. The van der Waals surface area contributed by atoms with E-state index in [-0.39, 0.29) is 0 Å². The second-order valence-corrected chi connectivity index (χ2v) is 4.38. The number of hydrogen-bond donors (Lipinski definition) is 1. The highest BCUT2D eigenvalue weighted by atomic mass is 16.5. The Hall–Kier alpha value is -2.15. The number of nitrogens with two attached hydrogens (primary N) is 1. The molecule has 0 aromatic carbocycles. The lowest BCUT2D eigenvalue weighted by molar-refractivity contribution is 0.178. The molecule has 7 heteroatoms. The molecule has 2 rings (SSSR count). The summed E-state index contributed by atoms with van der Waals surface area (Å²) in [7, 11) is 5.44. The summed E-state index contributed by atoms with van der Waals surface area (Å²) in [6.07, 6.45) is 3.80. The van der Waals surface area contributed by atoms with Gasteiger partial charge in [-0.1, -0.05) is 0 Å². The summed E-state index contributed by atoms with van der Waals surface area (Å²) in [5, 5.41) is 4.14. The second kappa shape index (κ2) is 5.66. The third kappa shape index (κ3) is 3.41. The van der Waals surface area contributed by atoms with Crippen LogP contribution in [0.1, 0.15) is 11.4 Å². The van der Waals surface area contributed by atoms with Crippen LogP contribution in [0.15, 0.2) is 18.5 Å². The number of hydrogen-bond acceptors (Lipinski definition) is 6. The van der Waals surface area contributed by atoms with Crippen molar-refractivity contribution >= 4 is 11.6 Å². The third-order valence-electron chi connectivity index (χ3n) is 2.62. The molecule has 0 saturated heterocycles. The number of ether oxygens (including phenoxy) is 1. The van der Waals surface area contributed by atoms with E-state index in [1.807, 2.05) is 31.4 Å². The zero-order valence-electron chi connectivity index (χ0n) is 11.4. The molecule has 102 valence electrons. The van der Waals surface area contributed by atoms with Gasteiger partial charge in [0.1, 0.15) is 18.2 Å². The Labute approximate surface area is 112 Å². The number of nitrogen functional groups attached to an aromatic ring is 1. The van der Waals surface area contributed by atoms with Gasteiger partial charge in [-0.15, -0.1) is 0 Å². The normalized spacial score (nSPS) is 10.7. The van der Waals surface area contributed by atoms with E-state index in [4.69, 9.17) is 10.5 Å². The highest BCUT2D eigenvalue weighted by Gasteiger charge is 2.08. The number of anilines is 2. The molecule has 0 aliphatic rings. The average Bonchev–Trinajstić information content (AvgIpc) is 2.74. The van der Waals surface area contributed by atoms with Crippen molar-refractivity contribution in [3.8, 4) is 0 Å². The Morgan fingerprint density at radius 1 is 1.42 bits per heavy atom. The van der Waals surface area contributed by atoms with Crippen molar-refractivity contribution in [2.24, 2.45) is 7.05 Å². The van der Waals surface area contributed by atoms with E-state index in [9.17, 15) is 0 Å². The van der Waals surface area contributed by atoms with Gasteiger partial charge in [-0.05, 0) is 0 Å². The first-order valence-corrected chi connectivity index (χ1v) is 5.89. The van der Waals surface area contributed by atoms with Gasteiger partial charge < -0.3 is 15.4 Å². The molecule has 0 unspecified atom stereocenters. The van der Waals surface area contributed by atoms with Crippen LogP contribution >= 0.6 is 0 Å². The molecule has 0 aliphatic heterocycles. The van der Waals surface area contributed by atoms with E-state index in [1.54, 1.807) is 17.9 Å². The van der Waals surface area contributed by atoms with Crippen LogP contribution in [-0.2, 0) is 24.9 Å². The molecule has 2 aromatic heterocycles. The van der Waals surface area contributed by atoms with Gasteiger partial charge in [0, 0.05) is 45.6 Å². The second-order valence-electron chi connectivity index (χ2n) is 4.38. The first-order valence-electron chi connectivity index (χ1n) is 5.89. The van der Waals surface area contributed by atoms with E-state index in [2.05, 4.69) is 15.1 Å². The van der Waals surface area contributed by atoms with Crippen LogP contribution in [-0.4, -0.2) is 33.9 Å². The summed E-state index contributed by atoms with van der Waals surface area (Å²) in [5.74, 6) is 1.79. The molecule has 7 nitrogen and oxygen atoms in total. The Morgan fingerprint density at radius 2 is 2.21 bits per heavy atom. The molecule has 0 aliphatic carbocycles. The summed E-state index contributed by atoms with van der Waals surface area (Å²) in [5.41, 5.74) is 6.88. The van der Waals surface area contributed by atoms with Crippen molar-refractivity contribution < 1.29 is 4.74 Å². The van der Waals surface area contributed by atoms with Crippen LogP contribution in [0.25, 0.3) is 0 Å². The zero-order chi connectivity index (χ0) is 13.8. The van der Waals surface area contributed by atoms with Gasteiger partial charge in [0.25, 0.3) is 0 Å². The van der Waals surface area contributed by atoms with Crippen LogP contribution in [0.5, 0.6) is 0 Å². The highest BCUT2D eigenvalue weighted by molar-refractivity contribution is 5.46. The largest absolute Gasteiger partial charge is 0.384 e. The SMILES string of the molecule is COCc1nc(N)cc(N(C)Cc2cnn(C)c2)n1. The van der Waals surface area contributed by atoms with E-state index >= 15 is 0 Å². The van der Waals surface area contributed by atoms with Gasteiger partial charge in [0.15, 0.2) is 5.82 Å². The van der Waals surface area contributed by atoms with Gasteiger partial charge in [0.05, 0.1) is 6.20 Å². The van der Waals surface area contributed by atoms with E-state index in [1.165, 1.54) is 0 Å². The number of aryl methyl sites for hydroxylation is 1. The predicted molar refractivity (Wildman–Crippen MR) is 72.5 cm³/mol. The molecule has 0 atom stereocenters. The highest BCUT2D eigenvalue weighted by Crippen LogP contribution is 2.15. The number of aromatic nitrogens is 4. The molecule has 0 amide bonds. The van der Waals surface area contributed by atoms with Crippen molar-refractivity contribution in [3.05, 3.63) is 29.8 Å². The van der Waals surface area contributed by atoms with Gasteiger partial charge in [0.2, 0.25) is 0 Å². The molecule has 2 aromatic rings. The average molecular weight is 262 g/mol. The van der Waals surface area contributed by atoms with Crippen molar-refractivity contribution in [2.45, 2.75) is 13.2 Å². The van der Waals surface area contributed by atoms with E-state index < -0.39 is 0 Å². The Morgan fingerprint density at radius 3 is 2.84 bits per heavy atom. The number of methoxy groups -OCH3 is 1. The van der Waals surface area contributed by atoms with Gasteiger partial charge in [-0.2, -0.15) is 5.10 Å². The molecule has 0 fully saturated rings. The molecule has 19 heavy (non-hydrogen) atoms. The smallest absolute Gasteiger partial charge is 0.158 e. The van der Waals surface area contributed by atoms with Crippen molar-refractivity contribution in [1.29, 1.82) is 0 Å². The lowest BCUT2D eigenvalue weighted by Gasteiger charge is -2.18. The third-order valence-corrected chi connectivity index (χ3v) is 2.62. The van der Waals surface area contributed by atoms with E-state index in [0.717, 1.165) is 11.4 Å². The van der Waals surface area contributed by atoms with Crippen LogP contribution in [0.3, 0.4) is 0 Å². The summed E-state index contributed by atoms with van der Waals surface area (Å²) < 4.78 is 6.80. The minimum absolute atomic E-state index is 0.346. The maximum Gasteiger partial charge on any atom is 0.158 e. The van der Waals surface area contributed by atoms with Crippen LogP contribution in [0, 0.1) is 0 Å². The van der Waals surface area contributed by atoms with Crippen LogP contribution < -0.4 is 10.6 Å². The predicted octanol–water partition coefficient (Wildman–Crippen LogP) is 0.575. The first-order chi connectivity index (χ1) is 9.08. The van der Waals surface area contributed by atoms with Crippen molar-refractivity contribution in [1.82, 2.24) is 19.7 Å². The molecule has 2 heterocycles. The van der Waals surface area contributed by atoms with E-state index in [0.29, 0.717) is 24.8 Å². The summed E-state index contributed by atoms with van der Waals surface area (Å²) in [6.45, 7) is 1.05. The van der Waals surface area contributed by atoms with Crippen molar-refractivity contribution in [2.75, 3.05) is 24.8 Å². The lowest BCUT2D eigenvalue weighted by Crippen LogP contribution is -2.19. The number of nitrogens with zero attached hydrogens (tertiary/aromatic N) is 5. The topological polar surface area (TPSA) is 82.1 Å². The quantitative estimate of drug-likeness (QED) is 0.848. The van der Waals surface area contributed by atoms with Crippen molar-refractivity contribution in [3.63, 3.8) is 0 Å². The molecule has 2 N–H and O–H groups in total. The molecule has 0 bridgehead atoms. The number of rotatable bonds is 5. The Kier molecular flexibility index (Phi) is 3.96. The zero-order valence-corrected chi connectivity index (χ0v) is 11.4. The molecule has 0 spiro atoms. The minimum atomic E-state index is 0.346. The fraction of sp³-hybridized carbons (Fsp3) is 0.417. The van der Waals surface area contributed by atoms with Gasteiger partial charge in [-0.3, -0.25) is 4.68 Å². The van der Waals surface area contributed by atoms with Crippen LogP contribution in [0.2, 0.25) is 0 Å². The lowest BCUT2D eigenvalue weighted by atomic mass is 10.3. The fourth-order valence-electron chi connectivity index (χ4n) is 1.80. The van der Waals surface area contributed by atoms with Crippen LogP contribution in [0.4, 0.5) is 11.6 Å². The fourth-order valence-corrected chi connectivity index (χ4v) is 1.80. The standard InChI is InChI=1S/C12H18N6O/c1-17(6-9-5-14-18(2)7-9)12-4-10(13)15-11(16-12)8-19-3/h4-5,7H,6,8H2,1-3H3,(H2,13,15,16). The Bertz CT molecular complexity index is 553. The maximum atomic E-state index is 5.78. The first kappa shape index (κ1) is 13.3. The maximum absolute atomic E-state index is 5.78. The molecular formula is C12H18N6O. The molecular weight excluding hydrogens is 244 g/mol. The minimum Gasteiger partial charge on any atom is -0.384 e.